The minimum Gasteiger partial charge on any atom is -0.355 e. The maximum Gasteiger partial charge on any atom is 0.272 e. The maximum absolute atomic E-state index is 12.3. The third kappa shape index (κ3) is 4.41. The van der Waals surface area contributed by atoms with Crippen LogP contribution < -0.4 is 10.9 Å². The minimum atomic E-state index is -0.249. The maximum atomic E-state index is 12.3. The van der Waals surface area contributed by atoms with Gasteiger partial charge in [-0.2, -0.15) is 5.10 Å². The van der Waals surface area contributed by atoms with Crippen LogP contribution in [0.25, 0.3) is 22.0 Å². The van der Waals surface area contributed by atoms with Crippen molar-refractivity contribution < 1.29 is 4.79 Å². The van der Waals surface area contributed by atoms with Gasteiger partial charge in [0.15, 0.2) is 0 Å². The average Bonchev–Trinajstić information content (AvgIpc) is 3.17. The number of aryl methyl sites for hydroxylation is 1. The molecule has 0 unspecified atom stereocenters. The Hall–Kier alpha value is -3.32. The van der Waals surface area contributed by atoms with Crippen molar-refractivity contribution >= 4 is 28.0 Å². The predicted molar refractivity (Wildman–Crippen MR) is 115 cm³/mol. The van der Waals surface area contributed by atoms with Gasteiger partial charge in [0.1, 0.15) is 0 Å². The summed E-state index contributed by atoms with van der Waals surface area (Å²) in [7, 11) is 0. The highest BCUT2D eigenvalue weighted by Gasteiger charge is 2.10. The first kappa shape index (κ1) is 19.0. The molecule has 29 heavy (non-hydrogen) atoms. The van der Waals surface area contributed by atoms with Gasteiger partial charge in [-0.15, -0.1) is 11.3 Å². The van der Waals surface area contributed by atoms with E-state index in [0.717, 1.165) is 28.2 Å². The van der Waals surface area contributed by atoms with Gasteiger partial charge in [0.25, 0.3) is 5.56 Å². The Bertz CT molecular complexity index is 1210. The van der Waals surface area contributed by atoms with Gasteiger partial charge in [-0.3, -0.25) is 9.59 Å². The van der Waals surface area contributed by atoms with Crippen LogP contribution >= 0.6 is 11.3 Å². The Morgan fingerprint density at radius 2 is 1.86 bits per heavy atom. The molecule has 0 saturated heterocycles. The van der Waals surface area contributed by atoms with Crippen LogP contribution in [0.4, 0.5) is 0 Å². The lowest BCUT2D eigenvalue weighted by molar-refractivity contribution is -0.120. The van der Waals surface area contributed by atoms with Crippen molar-refractivity contribution in [1.29, 1.82) is 0 Å². The third-order valence-corrected chi connectivity index (χ3v) is 5.48. The molecule has 2 N–H and O–H groups in total. The molecule has 0 bridgehead atoms. The number of nitrogens with one attached hydrogen (secondary N) is 2. The molecule has 7 heteroatoms. The summed E-state index contributed by atoms with van der Waals surface area (Å²) in [4.78, 5) is 28.7. The number of carbonyl (C=O) groups excluding carboxylic acids is 1. The molecule has 146 valence electrons. The van der Waals surface area contributed by atoms with Gasteiger partial charge in [-0.1, -0.05) is 42.5 Å². The Morgan fingerprint density at radius 3 is 2.59 bits per heavy atom. The van der Waals surface area contributed by atoms with E-state index in [2.05, 4.69) is 50.1 Å². The first-order chi connectivity index (χ1) is 14.1. The number of carbonyl (C=O) groups is 1. The number of hydrogen-bond acceptors (Lipinski definition) is 5. The molecular formula is C22H20N4O2S. The number of rotatable bonds is 6. The van der Waals surface area contributed by atoms with Gasteiger partial charge in [0.05, 0.1) is 28.2 Å². The van der Waals surface area contributed by atoms with Crippen LogP contribution in [0.2, 0.25) is 0 Å². The molecule has 2 aromatic carbocycles. The van der Waals surface area contributed by atoms with E-state index in [1.165, 1.54) is 0 Å². The second kappa shape index (κ2) is 8.36. The van der Waals surface area contributed by atoms with E-state index in [4.69, 9.17) is 0 Å². The number of aromatic nitrogens is 3. The van der Waals surface area contributed by atoms with Crippen LogP contribution in [0.1, 0.15) is 16.3 Å². The van der Waals surface area contributed by atoms with Crippen molar-refractivity contribution in [2.75, 3.05) is 6.54 Å². The van der Waals surface area contributed by atoms with Crippen molar-refractivity contribution in [1.82, 2.24) is 20.5 Å². The fourth-order valence-corrected chi connectivity index (χ4v) is 3.83. The van der Waals surface area contributed by atoms with Crippen LogP contribution in [-0.4, -0.2) is 27.6 Å². The zero-order valence-electron chi connectivity index (χ0n) is 15.9. The lowest BCUT2D eigenvalue weighted by Gasteiger charge is -2.07. The summed E-state index contributed by atoms with van der Waals surface area (Å²) in [6.45, 7) is 2.53. The van der Waals surface area contributed by atoms with E-state index in [-0.39, 0.29) is 17.9 Å². The Labute approximate surface area is 171 Å². The molecule has 2 heterocycles. The lowest BCUT2D eigenvalue weighted by atomic mass is 10.1. The highest BCUT2D eigenvalue weighted by atomic mass is 32.1. The van der Waals surface area contributed by atoms with E-state index >= 15 is 0 Å². The molecule has 0 spiro atoms. The molecule has 2 aromatic heterocycles. The van der Waals surface area contributed by atoms with E-state index in [1.54, 1.807) is 23.5 Å². The Kier molecular flexibility index (Phi) is 5.48. The second-order valence-electron chi connectivity index (χ2n) is 6.77. The zero-order chi connectivity index (χ0) is 20.2. The first-order valence-corrected chi connectivity index (χ1v) is 10.2. The number of amides is 1. The van der Waals surface area contributed by atoms with E-state index in [1.807, 2.05) is 19.1 Å². The summed E-state index contributed by atoms with van der Waals surface area (Å²) in [5.74, 6) is -0.121. The summed E-state index contributed by atoms with van der Waals surface area (Å²) >= 11 is 1.64. The molecule has 4 rings (SSSR count). The molecule has 1 amide bonds. The van der Waals surface area contributed by atoms with E-state index < -0.39 is 0 Å². The lowest BCUT2D eigenvalue weighted by Crippen LogP contribution is -2.28. The number of thiazole rings is 1. The molecule has 0 aliphatic heterocycles. The van der Waals surface area contributed by atoms with Gasteiger partial charge < -0.3 is 5.32 Å². The number of nitrogens with zero attached hydrogens (tertiary/aromatic N) is 2. The predicted octanol–water partition coefficient (Wildman–Crippen LogP) is 3.26. The standard InChI is InChI=1S/C22H20N4O2S/c1-14-24-20(13-29-14)16-8-6-15(7-9-16)10-11-23-21(27)12-19-17-4-2-3-5-18(17)22(28)26-25-19/h2-9,13H,10-12H2,1H3,(H,23,27)(H,26,28). The molecule has 0 aliphatic carbocycles. The van der Waals surface area contributed by atoms with Crippen LogP contribution in [-0.2, 0) is 17.6 Å². The van der Waals surface area contributed by atoms with Crippen molar-refractivity contribution in [3.8, 4) is 11.3 Å². The summed E-state index contributed by atoms with van der Waals surface area (Å²) < 4.78 is 0. The number of aromatic amines is 1. The summed E-state index contributed by atoms with van der Waals surface area (Å²) in [5, 5.41) is 13.8. The van der Waals surface area contributed by atoms with Crippen LogP contribution in [0, 0.1) is 6.92 Å². The van der Waals surface area contributed by atoms with Crippen LogP contribution in [0.3, 0.4) is 0 Å². The molecule has 6 nitrogen and oxygen atoms in total. The van der Waals surface area contributed by atoms with Crippen LogP contribution in [0.15, 0.2) is 58.7 Å². The van der Waals surface area contributed by atoms with Crippen molar-refractivity contribution in [3.63, 3.8) is 0 Å². The molecule has 4 aromatic rings. The number of H-pyrrole nitrogens is 1. The number of benzene rings is 2. The highest BCUT2D eigenvalue weighted by molar-refractivity contribution is 7.09. The highest BCUT2D eigenvalue weighted by Crippen LogP contribution is 2.21. The summed E-state index contributed by atoms with van der Waals surface area (Å²) in [6.07, 6.45) is 0.862. The van der Waals surface area contributed by atoms with Gasteiger partial charge in [-0.05, 0) is 25.0 Å². The second-order valence-corrected chi connectivity index (χ2v) is 7.83. The normalized spacial score (nSPS) is 10.9. The van der Waals surface area contributed by atoms with Gasteiger partial charge in [-0.25, -0.2) is 10.1 Å². The average molecular weight is 404 g/mol. The van der Waals surface area contributed by atoms with E-state index in [9.17, 15) is 9.59 Å². The molecule has 0 atom stereocenters. The first-order valence-electron chi connectivity index (χ1n) is 9.34. The fraction of sp³-hybridized carbons (Fsp3) is 0.182. The topological polar surface area (TPSA) is 87.7 Å². The molecule has 0 aliphatic rings. The van der Waals surface area contributed by atoms with Crippen molar-refractivity contribution in [3.05, 3.63) is 80.5 Å². The van der Waals surface area contributed by atoms with Gasteiger partial charge in [0, 0.05) is 22.9 Å². The Morgan fingerprint density at radius 1 is 1.10 bits per heavy atom. The zero-order valence-corrected chi connectivity index (χ0v) is 16.8. The van der Waals surface area contributed by atoms with Gasteiger partial charge in [0.2, 0.25) is 5.91 Å². The van der Waals surface area contributed by atoms with Gasteiger partial charge >= 0.3 is 0 Å². The molecular weight excluding hydrogens is 384 g/mol. The SMILES string of the molecule is Cc1nc(-c2ccc(CCNC(=O)Cc3n[nH]c(=O)c4ccccc34)cc2)cs1. The van der Waals surface area contributed by atoms with Crippen molar-refractivity contribution in [2.24, 2.45) is 0 Å². The number of fused-ring (bicyclic) bond motifs is 1. The van der Waals surface area contributed by atoms with E-state index in [0.29, 0.717) is 23.0 Å². The monoisotopic (exact) mass is 404 g/mol. The summed E-state index contributed by atoms with van der Waals surface area (Å²) in [6, 6.07) is 15.4. The molecule has 0 saturated carbocycles. The minimum absolute atomic E-state index is 0.121. The van der Waals surface area contributed by atoms with Crippen LogP contribution in [0.5, 0.6) is 0 Å². The van der Waals surface area contributed by atoms with Crippen molar-refractivity contribution in [2.45, 2.75) is 19.8 Å². The molecule has 0 radical (unpaired) electrons. The number of hydrogen-bond donors (Lipinski definition) is 2. The molecule has 0 fully saturated rings. The largest absolute Gasteiger partial charge is 0.355 e. The fourth-order valence-electron chi connectivity index (χ4n) is 3.21. The quantitative estimate of drug-likeness (QED) is 0.516. The Balaban J connectivity index is 1.34. The smallest absolute Gasteiger partial charge is 0.272 e. The third-order valence-electron chi connectivity index (χ3n) is 4.71. The summed E-state index contributed by atoms with van der Waals surface area (Å²) in [5.41, 5.74) is 3.56.